The fourth-order valence-corrected chi connectivity index (χ4v) is 1.54. The van der Waals surface area contributed by atoms with Gasteiger partial charge in [-0.1, -0.05) is 19.1 Å². The summed E-state index contributed by atoms with van der Waals surface area (Å²) in [5.74, 6) is 0.188. The van der Waals surface area contributed by atoms with Crippen LogP contribution < -0.4 is 11.1 Å². The van der Waals surface area contributed by atoms with E-state index < -0.39 is 4.92 Å². The van der Waals surface area contributed by atoms with Crippen molar-refractivity contribution < 1.29 is 9.72 Å². The van der Waals surface area contributed by atoms with E-state index in [4.69, 9.17) is 5.73 Å². The number of aryl methyl sites for hydroxylation is 1. The van der Waals surface area contributed by atoms with Crippen molar-refractivity contribution in [2.75, 3.05) is 13.1 Å². The monoisotopic (exact) mass is 265 g/mol. The molecule has 104 valence electrons. The van der Waals surface area contributed by atoms with E-state index in [9.17, 15) is 14.9 Å². The minimum absolute atomic E-state index is 0.0506. The zero-order chi connectivity index (χ0) is 14.3. The van der Waals surface area contributed by atoms with Crippen LogP contribution in [0.1, 0.15) is 18.9 Å². The fraction of sp³-hybridized carbons (Fsp3) is 0.462. The van der Waals surface area contributed by atoms with E-state index in [-0.39, 0.29) is 17.5 Å². The first-order chi connectivity index (χ1) is 9.02. The number of nitro groups is 1. The van der Waals surface area contributed by atoms with Crippen molar-refractivity contribution in [1.29, 1.82) is 0 Å². The van der Waals surface area contributed by atoms with Crippen molar-refractivity contribution in [1.82, 2.24) is 5.32 Å². The van der Waals surface area contributed by atoms with E-state index in [2.05, 4.69) is 5.32 Å². The molecule has 0 aliphatic heterocycles. The molecule has 0 aliphatic rings. The molecule has 19 heavy (non-hydrogen) atoms. The number of hydrogen-bond donors (Lipinski definition) is 2. The predicted molar refractivity (Wildman–Crippen MR) is 72.6 cm³/mol. The Morgan fingerprint density at radius 3 is 2.89 bits per heavy atom. The van der Waals surface area contributed by atoms with Crippen LogP contribution in [-0.4, -0.2) is 23.9 Å². The zero-order valence-electron chi connectivity index (χ0n) is 11.0. The van der Waals surface area contributed by atoms with E-state index in [0.29, 0.717) is 25.9 Å². The number of nitrogens with zero attached hydrogens (tertiary/aromatic N) is 1. The number of carbonyl (C=O) groups excluding carboxylic acids is 1. The highest BCUT2D eigenvalue weighted by Crippen LogP contribution is 2.14. The number of rotatable bonds is 7. The molecule has 0 radical (unpaired) electrons. The minimum Gasteiger partial charge on any atom is -0.356 e. The smallest absolute Gasteiger partial charge is 0.269 e. The van der Waals surface area contributed by atoms with Crippen molar-refractivity contribution in [3.05, 3.63) is 39.9 Å². The van der Waals surface area contributed by atoms with E-state index in [0.717, 1.165) is 5.56 Å². The van der Waals surface area contributed by atoms with Crippen molar-refractivity contribution in [2.24, 2.45) is 11.7 Å². The maximum atomic E-state index is 11.6. The van der Waals surface area contributed by atoms with Gasteiger partial charge in [-0.2, -0.15) is 0 Å². The lowest BCUT2D eigenvalue weighted by molar-refractivity contribution is -0.384. The number of hydrogen-bond acceptors (Lipinski definition) is 4. The Morgan fingerprint density at radius 1 is 1.53 bits per heavy atom. The highest BCUT2D eigenvalue weighted by Gasteiger charge is 2.08. The molecular formula is C13H19N3O3. The summed E-state index contributed by atoms with van der Waals surface area (Å²) in [7, 11) is 0. The summed E-state index contributed by atoms with van der Waals surface area (Å²) in [6, 6.07) is 6.34. The lowest BCUT2D eigenvalue weighted by Gasteiger charge is -2.09. The molecule has 0 aliphatic carbocycles. The van der Waals surface area contributed by atoms with E-state index in [1.807, 2.05) is 6.92 Å². The van der Waals surface area contributed by atoms with Gasteiger partial charge in [0.2, 0.25) is 5.91 Å². The molecule has 6 nitrogen and oxygen atoms in total. The molecule has 0 spiro atoms. The summed E-state index contributed by atoms with van der Waals surface area (Å²) in [5, 5.41) is 13.4. The van der Waals surface area contributed by atoms with Crippen molar-refractivity contribution in [3.8, 4) is 0 Å². The van der Waals surface area contributed by atoms with E-state index in [1.165, 1.54) is 12.1 Å². The van der Waals surface area contributed by atoms with E-state index >= 15 is 0 Å². The molecule has 0 heterocycles. The van der Waals surface area contributed by atoms with Crippen LogP contribution in [0, 0.1) is 16.0 Å². The number of amides is 1. The lowest BCUT2D eigenvalue weighted by atomic mass is 10.1. The van der Waals surface area contributed by atoms with Gasteiger partial charge < -0.3 is 11.1 Å². The Labute approximate surface area is 112 Å². The Hall–Kier alpha value is -1.95. The van der Waals surface area contributed by atoms with Crippen LogP contribution in [0.25, 0.3) is 0 Å². The van der Waals surface area contributed by atoms with Crippen molar-refractivity contribution in [3.63, 3.8) is 0 Å². The normalized spacial score (nSPS) is 11.9. The number of benzene rings is 1. The second kappa shape index (κ2) is 7.48. The third-order valence-electron chi connectivity index (χ3n) is 2.81. The average Bonchev–Trinajstić information content (AvgIpc) is 2.42. The fourth-order valence-electron chi connectivity index (χ4n) is 1.54. The van der Waals surface area contributed by atoms with Gasteiger partial charge in [-0.15, -0.1) is 0 Å². The average molecular weight is 265 g/mol. The molecule has 1 amide bonds. The van der Waals surface area contributed by atoms with Crippen LogP contribution in [0.5, 0.6) is 0 Å². The van der Waals surface area contributed by atoms with Crippen LogP contribution in [0.4, 0.5) is 5.69 Å². The Kier molecular flexibility index (Phi) is 5.95. The van der Waals surface area contributed by atoms with Gasteiger partial charge >= 0.3 is 0 Å². The van der Waals surface area contributed by atoms with Gasteiger partial charge in [0, 0.05) is 25.1 Å². The van der Waals surface area contributed by atoms with Crippen LogP contribution in [0.2, 0.25) is 0 Å². The van der Waals surface area contributed by atoms with Gasteiger partial charge in [-0.3, -0.25) is 14.9 Å². The molecule has 1 unspecified atom stereocenters. The molecule has 6 heteroatoms. The number of non-ortho nitro benzene ring substituents is 1. The maximum Gasteiger partial charge on any atom is 0.269 e. The third kappa shape index (κ3) is 5.48. The Morgan fingerprint density at radius 2 is 2.26 bits per heavy atom. The highest BCUT2D eigenvalue weighted by atomic mass is 16.6. The van der Waals surface area contributed by atoms with Crippen LogP contribution in [0.3, 0.4) is 0 Å². The predicted octanol–water partition coefficient (Wildman–Crippen LogP) is 1.24. The summed E-state index contributed by atoms with van der Waals surface area (Å²) < 4.78 is 0. The van der Waals surface area contributed by atoms with E-state index in [1.54, 1.807) is 12.1 Å². The van der Waals surface area contributed by atoms with Gasteiger partial charge in [0.15, 0.2) is 0 Å². The second-order valence-electron chi connectivity index (χ2n) is 4.57. The number of nitrogens with one attached hydrogen (secondary N) is 1. The second-order valence-corrected chi connectivity index (χ2v) is 4.57. The van der Waals surface area contributed by atoms with Crippen LogP contribution >= 0.6 is 0 Å². The standard InChI is InChI=1S/C13H19N3O3/c1-10(8-14)9-15-13(17)6-5-11-3-2-4-12(7-11)16(18)19/h2-4,7,10H,5-6,8-9,14H2,1H3,(H,15,17). The molecule has 1 rings (SSSR count). The highest BCUT2D eigenvalue weighted by molar-refractivity contribution is 5.76. The first-order valence-corrected chi connectivity index (χ1v) is 6.23. The molecule has 3 N–H and O–H groups in total. The number of nitro benzene ring substituents is 1. The van der Waals surface area contributed by atoms with Gasteiger partial charge in [0.25, 0.3) is 5.69 Å². The van der Waals surface area contributed by atoms with Crippen molar-refractivity contribution >= 4 is 11.6 Å². The zero-order valence-corrected chi connectivity index (χ0v) is 11.0. The molecular weight excluding hydrogens is 246 g/mol. The summed E-state index contributed by atoms with van der Waals surface area (Å²) in [4.78, 5) is 21.7. The van der Waals surface area contributed by atoms with Crippen LogP contribution in [-0.2, 0) is 11.2 Å². The summed E-state index contributed by atoms with van der Waals surface area (Å²) >= 11 is 0. The maximum absolute atomic E-state index is 11.6. The topological polar surface area (TPSA) is 98.3 Å². The number of nitrogens with two attached hydrogens (primary N) is 1. The Bertz CT molecular complexity index is 449. The van der Waals surface area contributed by atoms with Crippen molar-refractivity contribution in [2.45, 2.75) is 19.8 Å². The molecule has 1 aromatic carbocycles. The Balaban J connectivity index is 2.42. The first kappa shape index (κ1) is 15.1. The summed E-state index contributed by atoms with van der Waals surface area (Å²) in [6.07, 6.45) is 0.809. The SMILES string of the molecule is CC(CN)CNC(=O)CCc1cccc([N+](=O)[O-])c1. The van der Waals surface area contributed by atoms with Gasteiger partial charge in [-0.25, -0.2) is 0 Å². The first-order valence-electron chi connectivity index (χ1n) is 6.23. The molecule has 0 bridgehead atoms. The summed E-state index contributed by atoms with van der Waals surface area (Å²) in [6.45, 7) is 3.05. The molecule has 0 saturated heterocycles. The molecule has 0 saturated carbocycles. The minimum atomic E-state index is -0.438. The molecule has 1 aromatic rings. The summed E-state index contributed by atoms with van der Waals surface area (Å²) in [5.41, 5.74) is 6.29. The molecule has 0 fully saturated rings. The lowest BCUT2D eigenvalue weighted by Crippen LogP contribution is -2.31. The number of carbonyl (C=O) groups is 1. The third-order valence-corrected chi connectivity index (χ3v) is 2.81. The molecule has 0 aromatic heterocycles. The quantitative estimate of drug-likeness (QED) is 0.572. The molecule has 1 atom stereocenters. The van der Waals surface area contributed by atoms with Gasteiger partial charge in [0.05, 0.1) is 4.92 Å². The van der Waals surface area contributed by atoms with Crippen LogP contribution in [0.15, 0.2) is 24.3 Å². The van der Waals surface area contributed by atoms with Gasteiger partial charge in [-0.05, 0) is 24.4 Å². The van der Waals surface area contributed by atoms with Gasteiger partial charge in [0.1, 0.15) is 0 Å². The largest absolute Gasteiger partial charge is 0.356 e.